The molecule has 5 nitrogen and oxygen atoms in total. The fraction of sp³-hybridized carbons (Fsp3) is 0.333. The minimum Gasteiger partial charge on any atom is -0.353 e. The molecule has 2 aromatic rings. The molecule has 1 atom stereocenters. The van der Waals surface area contributed by atoms with Crippen molar-refractivity contribution in [2.24, 2.45) is 0 Å². The molecule has 1 fully saturated rings. The van der Waals surface area contributed by atoms with Crippen molar-refractivity contribution in [3.63, 3.8) is 0 Å². The Bertz CT molecular complexity index is 757. The number of nitrogens with one attached hydrogen (secondary N) is 1. The predicted octanol–water partition coefficient (Wildman–Crippen LogP) is 2.13. The van der Waals surface area contributed by atoms with Gasteiger partial charge in [0.25, 0.3) is 0 Å². The second-order valence-corrected chi connectivity index (χ2v) is 6.83. The molecule has 1 aliphatic heterocycles. The Hall–Kier alpha value is -2.66. The smallest absolute Gasteiger partial charge is 0.237 e. The SMILES string of the molecule is CN(C)C(=O)C[C@@H]1C(=O)NCCN1Cc1ccc(-c2ccccc2)cc1. The van der Waals surface area contributed by atoms with Gasteiger partial charge in [-0.15, -0.1) is 0 Å². The van der Waals surface area contributed by atoms with E-state index in [4.69, 9.17) is 0 Å². The van der Waals surface area contributed by atoms with Crippen LogP contribution >= 0.6 is 0 Å². The number of piperazine rings is 1. The van der Waals surface area contributed by atoms with Gasteiger partial charge >= 0.3 is 0 Å². The number of nitrogens with zero attached hydrogens (tertiary/aromatic N) is 2. The summed E-state index contributed by atoms with van der Waals surface area (Å²) >= 11 is 0. The Morgan fingerprint density at radius 2 is 1.73 bits per heavy atom. The topological polar surface area (TPSA) is 52.7 Å². The Balaban J connectivity index is 1.71. The molecule has 3 rings (SSSR count). The highest BCUT2D eigenvalue weighted by atomic mass is 16.2. The third kappa shape index (κ3) is 4.29. The average Bonchev–Trinajstić information content (AvgIpc) is 2.65. The molecule has 1 saturated heterocycles. The molecule has 1 heterocycles. The Kier molecular flexibility index (Phi) is 5.68. The van der Waals surface area contributed by atoms with Crippen LogP contribution in [0.2, 0.25) is 0 Å². The molecule has 1 aliphatic rings. The first kappa shape index (κ1) is 18.1. The first-order valence-corrected chi connectivity index (χ1v) is 8.91. The van der Waals surface area contributed by atoms with Crippen LogP contribution in [0.4, 0.5) is 0 Å². The molecule has 1 N–H and O–H groups in total. The lowest BCUT2D eigenvalue weighted by Crippen LogP contribution is -2.56. The summed E-state index contributed by atoms with van der Waals surface area (Å²) in [5, 5.41) is 2.87. The van der Waals surface area contributed by atoms with Crippen LogP contribution in [-0.2, 0) is 16.1 Å². The van der Waals surface area contributed by atoms with E-state index in [-0.39, 0.29) is 18.2 Å². The van der Waals surface area contributed by atoms with Gasteiger partial charge in [-0.1, -0.05) is 54.6 Å². The average molecular weight is 351 g/mol. The van der Waals surface area contributed by atoms with Crippen molar-refractivity contribution in [1.29, 1.82) is 0 Å². The highest BCUT2D eigenvalue weighted by molar-refractivity contribution is 5.88. The van der Waals surface area contributed by atoms with E-state index in [0.717, 1.165) is 12.1 Å². The normalized spacial score (nSPS) is 17.6. The van der Waals surface area contributed by atoms with Crippen LogP contribution in [0, 0.1) is 0 Å². The molecule has 2 amide bonds. The third-order valence-corrected chi connectivity index (χ3v) is 4.76. The van der Waals surface area contributed by atoms with Crippen LogP contribution < -0.4 is 5.32 Å². The van der Waals surface area contributed by atoms with E-state index in [2.05, 4.69) is 46.6 Å². The van der Waals surface area contributed by atoms with Crippen molar-refractivity contribution in [3.8, 4) is 11.1 Å². The summed E-state index contributed by atoms with van der Waals surface area (Å²) in [5.74, 6) is -0.0937. The summed E-state index contributed by atoms with van der Waals surface area (Å²) in [7, 11) is 3.44. The van der Waals surface area contributed by atoms with Crippen LogP contribution in [0.5, 0.6) is 0 Å². The molecule has 0 radical (unpaired) electrons. The molecular weight excluding hydrogens is 326 g/mol. The fourth-order valence-corrected chi connectivity index (χ4v) is 3.19. The summed E-state index contributed by atoms with van der Waals surface area (Å²) in [5.41, 5.74) is 3.50. The van der Waals surface area contributed by atoms with Crippen molar-refractivity contribution in [1.82, 2.24) is 15.1 Å². The maximum atomic E-state index is 12.3. The summed E-state index contributed by atoms with van der Waals surface area (Å²) in [6.45, 7) is 2.03. The highest BCUT2D eigenvalue weighted by Gasteiger charge is 2.31. The third-order valence-electron chi connectivity index (χ3n) is 4.76. The number of benzene rings is 2. The fourth-order valence-electron chi connectivity index (χ4n) is 3.19. The molecule has 2 aromatic carbocycles. The van der Waals surface area contributed by atoms with Crippen molar-refractivity contribution in [2.75, 3.05) is 27.2 Å². The standard InChI is InChI=1S/C21H25N3O2/c1-23(2)20(25)14-19-21(26)22-12-13-24(19)15-16-8-10-18(11-9-16)17-6-4-3-5-7-17/h3-11,19H,12-15H2,1-2H3,(H,22,26)/t19-/m1/s1. The zero-order valence-corrected chi connectivity index (χ0v) is 15.3. The summed E-state index contributed by atoms with van der Waals surface area (Å²) in [4.78, 5) is 28.0. The van der Waals surface area contributed by atoms with Crippen molar-refractivity contribution >= 4 is 11.8 Å². The van der Waals surface area contributed by atoms with Crippen LogP contribution in [0.3, 0.4) is 0 Å². The Labute approximate surface area is 154 Å². The zero-order chi connectivity index (χ0) is 18.5. The number of carbonyl (C=O) groups is 2. The lowest BCUT2D eigenvalue weighted by Gasteiger charge is -2.35. The van der Waals surface area contributed by atoms with Crippen molar-refractivity contribution in [3.05, 3.63) is 60.2 Å². The lowest BCUT2D eigenvalue weighted by atomic mass is 10.0. The Morgan fingerprint density at radius 3 is 2.38 bits per heavy atom. The highest BCUT2D eigenvalue weighted by Crippen LogP contribution is 2.21. The second kappa shape index (κ2) is 8.15. The van der Waals surface area contributed by atoms with Gasteiger partial charge in [-0.25, -0.2) is 0 Å². The minimum absolute atomic E-state index is 0.0310. The van der Waals surface area contributed by atoms with Crippen LogP contribution in [-0.4, -0.2) is 54.8 Å². The number of carbonyl (C=O) groups excluding carboxylic acids is 2. The molecule has 26 heavy (non-hydrogen) atoms. The van der Waals surface area contributed by atoms with E-state index in [1.54, 1.807) is 14.1 Å². The van der Waals surface area contributed by atoms with Crippen LogP contribution in [0.1, 0.15) is 12.0 Å². The van der Waals surface area contributed by atoms with Gasteiger partial charge in [0, 0.05) is 33.7 Å². The number of amides is 2. The van der Waals surface area contributed by atoms with E-state index in [9.17, 15) is 9.59 Å². The Morgan fingerprint density at radius 1 is 1.08 bits per heavy atom. The van der Waals surface area contributed by atoms with Crippen LogP contribution in [0.25, 0.3) is 11.1 Å². The molecule has 0 aromatic heterocycles. The first-order valence-electron chi connectivity index (χ1n) is 8.91. The molecule has 5 heteroatoms. The molecular formula is C21H25N3O2. The monoisotopic (exact) mass is 351 g/mol. The molecule has 0 unspecified atom stereocenters. The lowest BCUT2D eigenvalue weighted by molar-refractivity contribution is -0.137. The summed E-state index contributed by atoms with van der Waals surface area (Å²) < 4.78 is 0. The molecule has 0 bridgehead atoms. The molecule has 0 saturated carbocycles. The van der Waals surface area contributed by atoms with E-state index in [1.165, 1.54) is 16.0 Å². The minimum atomic E-state index is -0.410. The zero-order valence-electron chi connectivity index (χ0n) is 15.3. The van der Waals surface area contributed by atoms with Gasteiger partial charge in [0.15, 0.2) is 0 Å². The number of hydrogen-bond acceptors (Lipinski definition) is 3. The predicted molar refractivity (Wildman–Crippen MR) is 102 cm³/mol. The maximum Gasteiger partial charge on any atom is 0.237 e. The second-order valence-electron chi connectivity index (χ2n) is 6.83. The van der Waals surface area contributed by atoms with E-state index >= 15 is 0 Å². The van der Waals surface area contributed by atoms with Crippen LogP contribution in [0.15, 0.2) is 54.6 Å². The largest absolute Gasteiger partial charge is 0.353 e. The molecule has 0 aliphatic carbocycles. The number of rotatable bonds is 5. The van der Waals surface area contributed by atoms with E-state index < -0.39 is 6.04 Å². The van der Waals surface area contributed by atoms with Gasteiger partial charge in [-0.05, 0) is 16.7 Å². The van der Waals surface area contributed by atoms with Gasteiger partial charge in [0.2, 0.25) is 11.8 Å². The van der Waals surface area contributed by atoms with Gasteiger partial charge in [0.1, 0.15) is 0 Å². The van der Waals surface area contributed by atoms with Gasteiger partial charge in [0.05, 0.1) is 12.5 Å². The molecule has 136 valence electrons. The summed E-state index contributed by atoms with van der Waals surface area (Å²) in [6, 6.07) is 18.2. The van der Waals surface area contributed by atoms with E-state index in [1.807, 2.05) is 18.2 Å². The summed E-state index contributed by atoms with van der Waals surface area (Å²) in [6.07, 6.45) is 0.209. The van der Waals surface area contributed by atoms with Gasteiger partial charge < -0.3 is 10.2 Å². The van der Waals surface area contributed by atoms with Gasteiger partial charge in [-0.3, -0.25) is 14.5 Å². The first-order chi connectivity index (χ1) is 12.5. The van der Waals surface area contributed by atoms with Crippen molar-refractivity contribution < 1.29 is 9.59 Å². The van der Waals surface area contributed by atoms with Crippen molar-refractivity contribution in [2.45, 2.75) is 19.0 Å². The van der Waals surface area contributed by atoms with Gasteiger partial charge in [-0.2, -0.15) is 0 Å². The maximum absolute atomic E-state index is 12.3. The molecule has 0 spiro atoms. The quantitative estimate of drug-likeness (QED) is 0.898. The van der Waals surface area contributed by atoms with E-state index in [0.29, 0.717) is 13.1 Å². The number of hydrogen-bond donors (Lipinski definition) is 1.